The van der Waals surface area contributed by atoms with Crippen molar-refractivity contribution in [3.05, 3.63) is 35.4 Å². The number of aromatic carboxylic acids is 1. The van der Waals surface area contributed by atoms with Crippen LogP contribution in [0.5, 0.6) is 0 Å². The Kier molecular flexibility index (Phi) is 6.47. The second-order valence-corrected chi connectivity index (χ2v) is 9.34. The molecule has 0 bridgehead atoms. The molecule has 144 valence electrons. The largest absolute Gasteiger partial charge is 0.478 e. The van der Waals surface area contributed by atoms with Gasteiger partial charge in [0.25, 0.3) is 0 Å². The van der Waals surface area contributed by atoms with Crippen LogP contribution >= 0.6 is 0 Å². The smallest absolute Gasteiger partial charge is 0.337 e. The van der Waals surface area contributed by atoms with Crippen molar-refractivity contribution in [1.82, 2.24) is 4.72 Å². The standard InChI is InChI=1S/C19H28N2O4S/c1-19(2,3)21-26(24,25)15-9-10-17(16(13-15)18(22)23)20-12-11-14-7-5-4-6-8-14/h7,9-10,13,20-21H,4-6,8,11-12H2,1-3H3,(H,22,23). The number of hydrogen-bond acceptors (Lipinski definition) is 4. The van der Waals surface area contributed by atoms with Crippen molar-refractivity contribution in [2.24, 2.45) is 0 Å². The van der Waals surface area contributed by atoms with Crippen molar-refractivity contribution in [2.75, 3.05) is 11.9 Å². The van der Waals surface area contributed by atoms with Crippen molar-refractivity contribution in [2.45, 2.75) is 63.3 Å². The molecule has 0 atom stereocenters. The zero-order valence-corrected chi connectivity index (χ0v) is 16.4. The molecule has 2 rings (SSSR count). The fourth-order valence-electron chi connectivity index (χ4n) is 2.97. The molecule has 0 saturated heterocycles. The van der Waals surface area contributed by atoms with E-state index < -0.39 is 21.5 Å². The Morgan fingerprint density at radius 2 is 1.96 bits per heavy atom. The van der Waals surface area contributed by atoms with Gasteiger partial charge < -0.3 is 10.4 Å². The molecule has 1 aromatic carbocycles. The van der Waals surface area contributed by atoms with Crippen LogP contribution in [0.25, 0.3) is 0 Å². The lowest BCUT2D eigenvalue weighted by molar-refractivity contribution is 0.0697. The Morgan fingerprint density at radius 3 is 2.54 bits per heavy atom. The van der Waals surface area contributed by atoms with E-state index in [0.717, 1.165) is 19.3 Å². The van der Waals surface area contributed by atoms with Crippen LogP contribution in [-0.2, 0) is 10.0 Å². The van der Waals surface area contributed by atoms with Gasteiger partial charge in [-0.3, -0.25) is 0 Å². The number of anilines is 1. The SMILES string of the molecule is CC(C)(C)NS(=O)(=O)c1ccc(NCCC2=CCCCC2)c(C(=O)O)c1. The fourth-order valence-corrected chi connectivity index (χ4v) is 4.42. The Balaban J connectivity index is 2.15. The molecule has 0 spiro atoms. The van der Waals surface area contributed by atoms with E-state index in [1.54, 1.807) is 20.8 Å². The molecule has 0 heterocycles. The third-order valence-corrected chi connectivity index (χ3v) is 5.87. The summed E-state index contributed by atoms with van der Waals surface area (Å²) in [5.74, 6) is -1.16. The van der Waals surface area contributed by atoms with Crippen molar-refractivity contribution in [1.29, 1.82) is 0 Å². The van der Waals surface area contributed by atoms with E-state index in [1.807, 2.05) is 0 Å². The number of sulfonamides is 1. The van der Waals surface area contributed by atoms with Crippen LogP contribution in [0.4, 0.5) is 5.69 Å². The molecule has 3 N–H and O–H groups in total. The molecule has 1 aliphatic carbocycles. The molecule has 7 heteroatoms. The average molecular weight is 381 g/mol. The average Bonchev–Trinajstić information content (AvgIpc) is 2.53. The molecule has 0 saturated carbocycles. The predicted molar refractivity (Wildman–Crippen MR) is 103 cm³/mol. The van der Waals surface area contributed by atoms with E-state index in [0.29, 0.717) is 12.2 Å². The number of allylic oxidation sites excluding steroid dienone is 1. The van der Waals surface area contributed by atoms with Gasteiger partial charge in [0, 0.05) is 17.8 Å². The first kappa shape index (κ1) is 20.5. The highest BCUT2D eigenvalue weighted by Gasteiger charge is 2.24. The molecule has 0 aromatic heterocycles. The highest BCUT2D eigenvalue weighted by atomic mass is 32.2. The molecule has 0 radical (unpaired) electrons. The van der Waals surface area contributed by atoms with E-state index in [4.69, 9.17) is 0 Å². The van der Waals surface area contributed by atoms with Crippen molar-refractivity contribution >= 4 is 21.7 Å². The van der Waals surface area contributed by atoms with Gasteiger partial charge in [-0.05, 0) is 71.1 Å². The number of carboxylic acids is 1. The molecule has 0 amide bonds. The normalized spacial score (nSPS) is 15.4. The van der Waals surface area contributed by atoms with Gasteiger partial charge >= 0.3 is 5.97 Å². The van der Waals surface area contributed by atoms with Crippen LogP contribution in [0.1, 0.15) is 63.2 Å². The maximum absolute atomic E-state index is 12.4. The summed E-state index contributed by atoms with van der Waals surface area (Å²) in [6.07, 6.45) is 7.78. The number of nitrogens with one attached hydrogen (secondary N) is 2. The Labute approximate surface area is 155 Å². The van der Waals surface area contributed by atoms with Gasteiger partial charge in [-0.15, -0.1) is 0 Å². The molecule has 0 unspecified atom stereocenters. The topological polar surface area (TPSA) is 95.5 Å². The minimum atomic E-state index is -3.78. The highest BCUT2D eigenvalue weighted by Crippen LogP contribution is 2.23. The quantitative estimate of drug-likeness (QED) is 0.626. The predicted octanol–water partition coefficient (Wildman–Crippen LogP) is 3.76. The first-order valence-electron chi connectivity index (χ1n) is 8.91. The third-order valence-electron chi connectivity index (χ3n) is 4.12. The second kappa shape index (κ2) is 8.22. The van der Waals surface area contributed by atoms with Crippen LogP contribution in [0.3, 0.4) is 0 Å². The maximum Gasteiger partial charge on any atom is 0.337 e. The Morgan fingerprint density at radius 1 is 1.23 bits per heavy atom. The monoisotopic (exact) mass is 380 g/mol. The van der Waals surface area contributed by atoms with E-state index in [2.05, 4.69) is 16.1 Å². The molecule has 1 aromatic rings. The van der Waals surface area contributed by atoms with Crippen LogP contribution in [0.15, 0.2) is 34.7 Å². The highest BCUT2D eigenvalue weighted by molar-refractivity contribution is 7.89. The molecule has 6 nitrogen and oxygen atoms in total. The molecular formula is C19H28N2O4S. The number of rotatable bonds is 7. The zero-order chi connectivity index (χ0) is 19.4. The zero-order valence-electron chi connectivity index (χ0n) is 15.6. The summed E-state index contributed by atoms with van der Waals surface area (Å²) in [7, 11) is -3.78. The van der Waals surface area contributed by atoms with E-state index in [1.165, 1.54) is 36.6 Å². The van der Waals surface area contributed by atoms with Crippen molar-refractivity contribution < 1.29 is 18.3 Å². The minimum Gasteiger partial charge on any atom is -0.478 e. The van der Waals surface area contributed by atoms with Crippen molar-refractivity contribution in [3.63, 3.8) is 0 Å². The summed E-state index contributed by atoms with van der Waals surface area (Å²) in [6, 6.07) is 4.16. The number of carbonyl (C=O) groups is 1. The van der Waals surface area contributed by atoms with Gasteiger partial charge in [-0.25, -0.2) is 17.9 Å². The van der Waals surface area contributed by atoms with Crippen LogP contribution in [0, 0.1) is 0 Å². The van der Waals surface area contributed by atoms with Gasteiger partial charge in [0.1, 0.15) is 0 Å². The summed E-state index contributed by atoms with van der Waals surface area (Å²) in [4.78, 5) is 11.5. The lowest BCUT2D eigenvalue weighted by Crippen LogP contribution is -2.40. The summed E-state index contributed by atoms with van der Waals surface area (Å²) < 4.78 is 27.4. The van der Waals surface area contributed by atoms with Gasteiger partial charge in [-0.2, -0.15) is 0 Å². The van der Waals surface area contributed by atoms with Crippen LogP contribution < -0.4 is 10.0 Å². The molecular weight excluding hydrogens is 352 g/mol. The van der Waals surface area contributed by atoms with Gasteiger partial charge in [-0.1, -0.05) is 11.6 Å². The Hall–Kier alpha value is -1.86. The van der Waals surface area contributed by atoms with Gasteiger partial charge in [0.05, 0.1) is 10.5 Å². The Bertz CT molecular complexity index is 792. The summed E-state index contributed by atoms with van der Waals surface area (Å²) in [5, 5.41) is 12.6. The van der Waals surface area contributed by atoms with Crippen LogP contribution in [0.2, 0.25) is 0 Å². The first-order chi connectivity index (χ1) is 12.1. The third kappa shape index (κ3) is 5.85. The lowest BCUT2D eigenvalue weighted by atomic mass is 9.97. The number of carboxylic acid groups (broad SMARTS) is 1. The van der Waals surface area contributed by atoms with Crippen LogP contribution in [-0.4, -0.2) is 31.6 Å². The first-order valence-corrected chi connectivity index (χ1v) is 10.4. The molecule has 26 heavy (non-hydrogen) atoms. The second-order valence-electron chi connectivity index (χ2n) is 7.65. The van der Waals surface area contributed by atoms with Gasteiger partial charge in [0.15, 0.2) is 0 Å². The maximum atomic E-state index is 12.4. The summed E-state index contributed by atoms with van der Waals surface area (Å²) in [5.41, 5.74) is 1.14. The summed E-state index contributed by atoms with van der Waals surface area (Å²) in [6.45, 7) is 5.83. The molecule has 1 aliphatic rings. The molecule has 0 fully saturated rings. The summed E-state index contributed by atoms with van der Waals surface area (Å²) >= 11 is 0. The van der Waals surface area contributed by atoms with E-state index in [9.17, 15) is 18.3 Å². The van der Waals surface area contributed by atoms with E-state index in [-0.39, 0.29) is 10.5 Å². The lowest BCUT2D eigenvalue weighted by Gasteiger charge is -2.21. The number of benzene rings is 1. The van der Waals surface area contributed by atoms with Crippen molar-refractivity contribution in [3.8, 4) is 0 Å². The van der Waals surface area contributed by atoms with Gasteiger partial charge in [0.2, 0.25) is 10.0 Å². The fraction of sp³-hybridized carbons (Fsp3) is 0.526. The van der Waals surface area contributed by atoms with E-state index >= 15 is 0 Å². The molecule has 0 aliphatic heterocycles. The minimum absolute atomic E-state index is 0.0422. The number of hydrogen-bond donors (Lipinski definition) is 3.